The standard InChI is InChI=1S/C13H18O3/c1-15-11-4-3-5-12(16-2)10(11)6-7-13(14)8-9-13/h3-5,14H,6-9H2,1-2H3. The minimum Gasteiger partial charge on any atom is -0.496 e. The van der Waals surface area contributed by atoms with Gasteiger partial charge in [-0.3, -0.25) is 0 Å². The van der Waals surface area contributed by atoms with E-state index in [0.29, 0.717) is 0 Å². The summed E-state index contributed by atoms with van der Waals surface area (Å²) in [6, 6.07) is 5.76. The molecule has 0 atom stereocenters. The Balaban J connectivity index is 2.15. The van der Waals surface area contributed by atoms with E-state index in [1.54, 1.807) is 14.2 Å². The molecule has 1 saturated carbocycles. The Hall–Kier alpha value is -1.22. The molecule has 0 aromatic heterocycles. The molecule has 3 nitrogen and oxygen atoms in total. The fraction of sp³-hybridized carbons (Fsp3) is 0.538. The first-order chi connectivity index (χ1) is 7.68. The molecule has 3 heteroatoms. The Morgan fingerprint density at radius 3 is 2.19 bits per heavy atom. The van der Waals surface area contributed by atoms with Gasteiger partial charge in [-0.2, -0.15) is 0 Å². The van der Waals surface area contributed by atoms with Crippen molar-refractivity contribution in [2.24, 2.45) is 0 Å². The first-order valence-electron chi connectivity index (χ1n) is 5.61. The van der Waals surface area contributed by atoms with Gasteiger partial charge in [-0.15, -0.1) is 0 Å². The summed E-state index contributed by atoms with van der Waals surface area (Å²) in [5.41, 5.74) is 0.624. The Morgan fingerprint density at radius 1 is 1.19 bits per heavy atom. The van der Waals surface area contributed by atoms with Crippen LogP contribution in [0, 0.1) is 0 Å². The summed E-state index contributed by atoms with van der Waals surface area (Å²) in [4.78, 5) is 0. The topological polar surface area (TPSA) is 38.7 Å². The molecule has 1 aromatic rings. The molecule has 0 radical (unpaired) electrons. The summed E-state index contributed by atoms with van der Waals surface area (Å²) in [5.74, 6) is 1.67. The van der Waals surface area contributed by atoms with Gasteiger partial charge >= 0.3 is 0 Å². The third kappa shape index (κ3) is 2.30. The molecule has 0 spiro atoms. The van der Waals surface area contributed by atoms with Gasteiger partial charge in [0, 0.05) is 5.56 Å². The minimum atomic E-state index is -0.425. The van der Waals surface area contributed by atoms with Gasteiger partial charge < -0.3 is 14.6 Å². The molecule has 88 valence electrons. The lowest BCUT2D eigenvalue weighted by molar-refractivity contribution is 0.140. The molecule has 1 fully saturated rings. The maximum absolute atomic E-state index is 9.84. The highest BCUT2D eigenvalue weighted by Crippen LogP contribution is 2.41. The van der Waals surface area contributed by atoms with E-state index in [1.165, 1.54) is 0 Å². The molecule has 1 N–H and O–H groups in total. The number of benzene rings is 1. The van der Waals surface area contributed by atoms with Crippen LogP contribution in [0.4, 0.5) is 0 Å². The van der Waals surface area contributed by atoms with Crippen molar-refractivity contribution in [3.05, 3.63) is 23.8 Å². The van der Waals surface area contributed by atoms with Crippen molar-refractivity contribution in [1.82, 2.24) is 0 Å². The number of aliphatic hydroxyl groups is 1. The summed E-state index contributed by atoms with van der Waals surface area (Å²) < 4.78 is 10.6. The average molecular weight is 222 g/mol. The average Bonchev–Trinajstić information content (AvgIpc) is 3.04. The first-order valence-corrected chi connectivity index (χ1v) is 5.61. The highest BCUT2D eigenvalue weighted by Gasteiger charge is 2.39. The summed E-state index contributed by atoms with van der Waals surface area (Å²) >= 11 is 0. The predicted molar refractivity (Wildman–Crippen MR) is 62.1 cm³/mol. The fourth-order valence-corrected chi connectivity index (χ4v) is 1.93. The molecule has 0 aliphatic heterocycles. The maximum atomic E-state index is 9.84. The van der Waals surface area contributed by atoms with Crippen molar-refractivity contribution >= 4 is 0 Å². The van der Waals surface area contributed by atoms with E-state index in [-0.39, 0.29) is 0 Å². The zero-order chi connectivity index (χ0) is 11.6. The van der Waals surface area contributed by atoms with Crippen molar-refractivity contribution in [3.63, 3.8) is 0 Å². The van der Waals surface area contributed by atoms with E-state index < -0.39 is 5.60 Å². The molecule has 0 unspecified atom stereocenters. The lowest BCUT2D eigenvalue weighted by atomic mass is 10.0. The molecule has 0 bridgehead atoms. The molecule has 0 heterocycles. The van der Waals surface area contributed by atoms with Gasteiger partial charge in [0.15, 0.2) is 0 Å². The highest BCUT2D eigenvalue weighted by atomic mass is 16.5. The lowest BCUT2D eigenvalue weighted by Gasteiger charge is -2.14. The number of rotatable bonds is 5. The Labute approximate surface area is 96.0 Å². The van der Waals surface area contributed by atoms with E-state index in [2.05, 4.69) is 0 Å². The summed E-state index contributed by atoms with van der Waals surface area (Å²) in [5, 5.41) is 9.84. The van der Waals surface area contributed by atoms with Gasteiger partial charge in [0.1, 0.15) is 11.5 Å². The van der Waals surface area contributed by atoms with Crippen LogP contribution in [0.25, 0.3) is 0 Å². The van der Waals surface area contributed by atoms with Crippen molar-refractivity contribution in [3.8, 4) is 11.5 Å². The smallest absolute Gasteiger partial charge is 0.125 e. The lowest BCUT2D eigenvalue weighted by Crippen LogP contribution is -2.09. The van der Waals surface area contributed by atoms with Gasteiger partial charge in [-0.1, -0.05) is 6.07 Å². The Bertz CT molecular complexity index is 347. The molecule has 1 aliphatic rings. The zero-order valence-electron chi connectivity index (χ0n) is 9.82. The predicted octanol–water partition coefficient (Wildman–Crippen LogP) is 2.16. The minimum absolute atomic E-state index is 0.425. The van der Waals surface area contributed by atoms with E-state index >= 15 is 0 Å². The molecule has 16 heavy (non-hydrogen) atoms. The van der Waals surface area contributed by atoms with E-state index in [0.717, 1.165) is 42.7 Å². The molecule has 2 rings (SSSR count). The molecular weight excluding hydrogens is 204 g/mol. The van der Waals surface area contributed by atoms with Crippen LogP contribution in [0.3, 0.4) is 0 Å². The van der Waals surface area contributed by atoms with Gasteiger partial charge in [0.2, 0.25) is 0 Å². The van der Waals surface area contributed by atoms with Gasteiger partial charge in [-0.05, 0) is 37.8 Å². The second-order valence-corrected chi connectivity index (χ2v) is 4.37. The second kappa shape index (κ2) is 4.34. The zero-order valence-corrected chi connectivity index (χ0v) is 9.82. The second-order valence-electron chi connectivity index (χ2n) is 4.37. The monoisotopic (exact) mass is 222 g/mol. The van der Waals surface area contributed by atoms with E-state index in [4.69, 9.17) is 9.47 Å². The van der Waals surface area contributed by atoms with E-state index in [1.807, 2.05) is 18.2 Å². The van der Waals surface area contributed by atoms with Crippen LogP contribution in [-0.2, 0) is 6.42 Å². The van der Waals surface area contributed by atoms with Crippen LogP contribution in [0.2, 0.25) is 0 Å². The first kappa shape index (κ1) is 11.3. The molecule has 0 amide bonds. The summed E-state index contributed by atoms with van der Waals surface area (Å²) in [6.45, 7) is 0. The number of ether oxygens (including phenoxy) is 2. The molecular formula is C13H18O3. The third-order valence-corrected chi connectivity index (χ3v) is 3.20. The Morgan fingerprint density at radius 2 is 1.75 bits per heavy atom. The normalized spacial score (nSPS) is 16.9. The molecule has 0 saturated heterocycles. The van der Waals surface area contributed by atoms with Gasteiger partial charge in [0.05, 0.1) is 19.8 Å². The largest absolute Gasteiger partial charge is 0.496 e. The van der Waals surface area contributed by atoms with Crippen molar-refractivity contribution < 1.29 is 14.6 Å². The maximum Gasteiger partial charge on any atom is 0.125 e. The van der Waals surface area contributed by atoms with E-state index in [9.17, 15) is 5.11 Å². The quantitative estimate of drug-likeness (QED) is 0.829. The van der Waals surface area contributed by atoms with Crippen LogP contribution >= 0.6 is 0 Å². The Kier molecular flexibility index (Phi) is 3.06. The van der Waals surface area contributed by atoms with Crippen molar-refractivity contribution in [1.29, 1.82) is 0 Å². The molecule has 1 aromatic carbocycles. The third-order valence-electron chi connectivity index (χ3n) is 3.20. The van der Waals surface area contributed by atoms with Crippen LogP contribution < -0.4 is 9.47 Å². The number of methoxy groups -OCH3 is 2. The van der Waals surface area contributed by atoms with Crippen molar-refractivity contribution in [2.45, 2.75) is 31.3 Å². The highest BCUT2D eigenvalue weighted by molar-refractivity contribution is 5.45. The summed E-state index contributed by atoms with van der Waals surface area (Å²) in [6.07, 6.45) is 3.42. The van der Waals surface area contributed by atoms with Crippen LogP contribution in [0.15, 0.2) is 18.2 Å². The summed E-state index contributed by atoms with van der Waals surface area (Å²) in [7, 11) is 3.31. The SMILES string of the molecule is COc1cccc(OC)c1CCC1(O)CC1. The fourth-order valence-electron chi connectivity index (χ4n) is 1.93. The van der Waals surface area contributed by atoms with Crippen LogP contribution in [0.5, 0.6) is 11.5 Å². The number of hydrogen-bond acceptors (Lipinski definition) is 3. The van der Waals surface area contributed by atoms with Crippen molar-refractivity contribution in [2.75, 3.05) is 14.2 Å². The van der Waals surface area contributed by atoms with Gasteiger partial charge in [-0.25, -0.2) is 0 Å². The number of hydrogen-bond donors (Lipinski definition) is 1. The van der Waals surface area contributed by atoms with Crippen LogP contribution in [0.1, 0.15) is 24.8 Å². The van der Waals surface area contributed by atoms with Crippen LogP contribution in [-0.4, -0.2) is 24.9 Å². The molecule has 1 aliphatic carbocycles. The van der Waals surface area contributed by atoms with Gasteiger partial charge in [0.25, 0.3) is 0 Å².